The predicted octanol–water partition coefficient (Wildman–Crippen LogP) is -0.672. The zero-order chi connectivity index (χ0) is 12.7. The van der Waals surface area contributed by atoms with Crippen LogP contribution in [0.5, 0.6) is 0 Å². The third-order valence-electron chi connectivity index (χ3n) is 2.99. The number of aliphatic hydroxyl groups is 1. The first-order valence-corrected chi connectivity index (χ1v) is 5.97. The third-order valence-corrected chi connectivity index (χ3v) is 2.99. The topological polar surface area (TPSA) is 98.7 Å². The van der Waals surface area contributed by atoms with Gasteiger partial charge in [-0.05, 0) is 31.8 Å². The number of carbonyl (C=O) groups is 2. The zero-order valence-electron chi connectivity index (χ0n) is 9.82. The second-order valence-corrected chi connectivity index (χ2v) is 4.37. The van der Waals surface area contributed by atoms with Gasteiger partial charge >= 0.3 is 5.97 Å². The van der Waals surface area contributed by atoms with Gasteiger partial charge in [-0.3, -0.25) is 4.79 Å². The molecule has 1 aliphatic rings. The Morgan fingerprint density at radius 2 is 2.24 bits per heavy atom. The van der Waals surface area contributed by atoms with E-state index >= 15 is 0 Å². The molecule has 1 heterocycles. The molecule has 4 N–H and O–H groups in total. The Balaban J connectivity index is 2.23. The lowest BCUT2D eigenvalue weighted by atomic mass is 10.0. The Morgan fingerprint density at radius 3 is 2.76 bits per heavy atom. The van der Waals surface area contributed by atoms with E-state index in [1.54, 1.807) is 0 Å². The Labute approximate surface area is 100 Å². The Hall–Kier alpha value is -1.14. The molecular weight excluding hydrogens is 224 g/mol. The molecule has 6 heteroatoms. The van der Waals surface area contributed by atoms with Gasteiger partial charge in [0.25, 0.3) is 0 Å². The molecule has 0 spiro atoms. The number of carboxylic acid groups (broad SMARTS) is 1. The first-order valence-electron chi connectivity index (χ1n) is 5.97. The van der Waals surface area contributed by atoms with Gasteiger partial charge in [0.15, 0.2) is 0 Å². The standard InChI is InChI=1S/C11H20N2O4/c14-6-4-9(11(16)17)13-10(15)2-1-8-3-5-12-7-8/h8-9,12,14H,1-7H2,(H,13,15)(H,16,17)/t8?,9-/m0/s1. The van der Waals surface area contributed by atoms with Gasteiger partial charge in [0.2, 0.25) is 5.91 Å². The number of carbonyl (C=O) groups excluding carboxylic acids is 1. The summed E-state index contributed by atoms with van der Waals surface area (Å²) in [6, 6.07) is -0.978. The smallest absolute Gasteiger partial charge is 0.326 e. The maximum Gasteiger partial charge on any atom is 0.326 e. The van der Waals surface area contributed by atoms with Crippen molar-refractivity contribution in [2.75, 3.05) is 19.7 Å². The van der Waals surface area contributed by atoms with Crippen LogP contribution in [0.4, 0.5) is 0 Å². The van der Waals surface area contributed by atoms with Crippen molar-refractivity contribution in [2.24, 2.45) is 5.92 Å². The summed E-state index contributed by atoms with van der Waals surface area (Å²) in [6.07, 6.45) is 2.25. The van der Waals surface area contributed by atoms with Crippen molar-refractivity contribution in [1.82, 2.24) is 10.6 Å². The van der Waals surface area contributed by atoms with E-state index in [2.05, 4.69) is 10.6 Å². The monoisotopic (exact) mass is 244 g/mol. The van der Waals surface area contributed by atoms with Crippen LogP contribution in [0.2, 0.25) is 0 Å². The highest BCUT2D eigenvalue weighted by Gasteiger charge is 2.20. The molecule has 0 aromatic carbocycles. The lowest BCUT2D eigenvalue weighted by Crippen LogP contribution is -2.41. The number of hydrogen-bond donors (Lipinski definition) is 4. The van der Waals surface area contributed by atoms with Crippen LogP contribution in [-0.4, -0.2) is 47.8 Å². The second kappa shape index (κ2) is 7.24. The van der Waals surface area contributed by atoms with Crippen molar-refractivity contribution >= 4 is 11.9 Å². The summed E-state index contributed by atoms with van der Waals surface area (Å²) >= 11 is 0. The van der Waals surface area contributed by atoms with Gasteiger partial charge in [-0.25, -0.2) is 4.79 Å². The largest absolute Gasteiger partial charge is 0.480 e. The fraction of sp³-hybridized carbons (Fsp3) is 0.818. The number of rotatable bonds is 7. The number of amides is 1. The van der Waals surface area contributed by atoms with Gasteiger partial charge in [-0.1, -0.05) is 0 Å². The Kier molecular flexibility index (Phi) is 5.93. The van der Waals surface area contributed by atoms with Crippen molar-refractivity contribution in [1.29, 1.82) is 0 Å². The van der Waals surface area contributed by atoms with Crippen LogP contribution in [0, 0.1) is 5.92 Å². The second-order valence-electron chi connectivity index (χ2n) is 4.37. The van der Waals surface area contributed by atoms with E-state index in [1.807, 2.05) is 0 Å². The number of carboxylic acids is 1. The van der Waals surface area contributed by atoms with E-state index in [4.69, 9.17) is 10.2 Å². The van der Waals surface area contributed by atoms with Crippen molar-refractivity contribution in [3.8, 4) is 0 Å². The van der Waals surface area contributed by atoms with E-state index in [-0.39, 0.29) is 18.9 Å². The normalized spacial score (nSPS) is 21.1. The maximum atomic E-state index is 11.5. The van der Waals surface area contributed by atoms with E-state index in [9.17, 15) is 9.59 Å². The molecule has 0 saturated carbocycles. The summed E-state index contributed by atoms with van der Waals surface area (Å²) in [7, 11) is 0. The molecular formula is C11H20N2O4. The van der Waals surface area contributed by atoms with Crippen molar-refractivity contribution in [3.63, 3.8) is 0 Å². The fourth-order valence-electron chi connectivity index (χ4n) is 1.95. The highest BCUT2D eigenvalue weighted by Crippen LogP contribution is 2.14. The lowest BCUT2D eigenvalue weighted by Gasteiger charge is -2.14. The molecule has 1 fully saturated rings. The Morgan fingerprint density at radius 1 is 1.47 bits per heavy atom. The summed E-state index contributed by atoms with van der Waals surface area (Å²) < 4.78 is 0. The number of hydrogen-bond acceptors (Lipinski definition) is 4. The zero-order valence-corrected chi connectivity index (χ0v) is 9.82. The first kappa shape index (κ1) is 13.9. The number of aliphatic hydroxyl groups excluding tert-OH is 1. The summed E-state index contributed by atoms with van der Waals surface area (Å²) in [5, 5.41) is 23.1. The van der Waals surface area contributed by atoms with Gasteiger partial charge in [0, 0.05) is 19.4 Å². The molecule has 1 rings (SSSR count). The van der Waals surface area contributed by atoms with Crippen molar-refractivity contribution in [2.45, 2.75) is 31.7 Å². The fourth-order valence-corrected chi connectivity index (χ4v) is 1.95. The van der Waals surface area contributed by atoms with Gasteiger partial charge < -0.3 is 20.8 Å². The van der Waals surface area contributed by atoms with E-state index in [0.717, 1.165) is 25.9 Å². The minimum absolute atomic E-state index is 0.0477. The van der Waals surface area contributed by atoms with Crippen LogP contribution in [-0.2, 0) is 9.59 Å². The molecule has 2 atom stereocenters. The molecule has 17 heavy (non-hydrogen) atoms. The lowest BCUT2D eigenvalue weighted by molar-refractivity contribution is -0.142. The van der Waals surface area contributed by atoms with E-state index < -0.39 is 12.0 Å². The van der Waals surface area contributed by atoms with E-state index in [0.29, 0.717) is 12.3 Å². The van der Waals surface area contributed by atoms with Crippen LogP contribution in [0.25, 0.3) is 0 Å². The average molecular weight is 244 g/mol. The molecule has 0 aromatic rings. The summed E-state index contributed by atoms with van der Waals surface area (Å²) in [6.45, 7) is 1.69. The molecule has 98 valence electrons. The van der Waals surface area contributed by atoms with Gasteiger partial charge in [-0.15, -0.1) is 0 Å². The quantitative estimate of drug-likeness (QED) is 0.476. The number of nitrogens with one attached hydrogen (secondary N) is 2. The van der Waals surface area contributed by atoms with E-state index in [1.165, 1.54) is 0 Å². The van der Waals surface area contributed by atoms with Gasteiger partial charge in [-0.2, -0.15) is 0 Å². The third kappa shape index (κ3) is 5.14. The summed E-state index contributed by atoms with van der Waals surface area (Å²) in [4.78, 5) is 22.3. The SMILES string of the molecule is O=C(CCC1CCNC1)N[C@@H](CCO)C(=O)O. The van der Waals surface area contributed by atoms with Crippen LogP contribution in [0.3, 0.4) is 0 Å². The molecule has 1 amide bonds. The molecule has 1 aliphatic heterocycles. The molecule has 0 aliphatic carbocycles. The summed E-state index contributed by atoms with van der Waals surface area (Å²) in [5.41, 5.74) is 0. The number of aliphatic carboxylic acids is 1. The Bertz CT molecular complexity index is 264. The minimum atomic E-state index is -1.10. The molecule has 1 saturated heterocycles. The van der Waals surface area contributed by atoms with Gasteiger partial charge in [0.05, 0.1) is 0 Å². The van der Waals surface area contributed by atoms with Crippen molar-refractivity contribution in [3.05, 3.63) is 0 Å². The van der Waals surface area contributed by atoms with Crippen LogP contribution >= 0.6 is 0 Å². The highest BCUT2D eigenvalue weighted by molar-refractivity contribution is 5.83. The molecule has 0 aromatic heterocycles. The minimum Gasteiger partial charge on any atom is -0.480 e. The summed E-state index contributed by atoms with van der Waals surface area (Å²) in [5.74, 6) is -0.838. The predicted molar refractivity (Wildman–Crippen MR) is 61.5 cm³/mol. The molecule has 6 nitrogen and oxygen atoms in total. The maximum absolute atomic E-state index is 11.5. The van der Waals surface area contributed by atoms with Crippen molar-refractivity contribution < 1.29 is 19.8 Å². The highest BCUT2D eigenvalue weighted by atomic mass is 16.4. The first-order chi connectivity index (χ1) is 8.13. The molecule has 0 radical (unpaired) electrons. The molecule has 1 unspecified atom stereocenters. The molecule has 0 bridgehead atoms. The van der Waals surface area contributed by atoms with Crippen LogP contribution < -0.4 is 10.6 Å². The van der Waals surface area contributed by atoms with Crippen LogP contribution in [0.15, 0.2) is 0 Å². The van der Waals surface area contributed by atoms with Gasteiger partial charge in [0.1, 0.15) is 6.04 Å². The van der Waals surface area contributed by atoms with Crippen LogP contribution in [0.1, 0.15) is 25.7 Å². The average Bonchev–Trinajstić information content (AvgIpc) is 2.78.